The van der Waals surface area contributed by atoms with E-state index in [1.54, 1.807) is 12.4 Å². The fourth-order valence-corrected chi connectivity index (χ4v) is 4.94. The fourth-order valence-electron chi connectivity index (χ4n) is 4.94. The molecule has 2 heterocycles. The molecule has 0 bridgehead atoms. The first kappa shape index (κ1) is 18.8. The summed E-state index contributed by atoms with van der Waals surface area (Å²) in [6.07, 6.45) is 6.82. The van der Waals surface area contributed by atoms with E-state index in [4.69, 9.17) is 4.74 Å². The van der Waals surface area contributed by atoms with E-state index in [-0.39, 0.29) is 23.2 Å². The van der Waals surface area contributed by atoms with Crippen LogP contribution in [0.2, 0.25) is 0 Å². The summed E-state index contributed by atoms with van der Waals surface area (Å²) in [7, 11) is 1.89. The van der Waals surface area contributed by atoms with Gasteiger partial charge in [0, 0.05) is 24.7 Å². The van der Waals surface area contributed by atoms with Crippen LogP contribution in [0.1, 0.15) is 67.6 Å². The molecule has 2 N–H and O–H groups in total. The van der Waals surface area contributed by atoms with E-state index >= 15 is 0 Å². The molecule has 28 heavy (non-hydrogen) atoms. The monoisotopic (exact) mass is 383 g/mol. The first-order chi connectivity index (χ1) is 13.3. The van der Waals surface area contributed by atoms with Crippen LogP contribution in [0.5, 0.6) is 11.5 Å². The second-order valence-electron chi connectivity index (χ2n) is 8.92. The summed E-state index contributed by atoms with van der Waals surface area (Å²) >= 11 is 0. The summed E-state index contributed by atoms with van der Waals surface area (Å²) in [5, 5.41) is 13.9. The molecule has 0 radical (unpaired) electrons. The van der Waals surface area contributed by atoms with Crippen LogP contribution in [0, 0.1) is 11.8 Å². The van der Waals surface area contributed by atoms with Crippen LogP contribution in [0.4, 0.5) is 0 Å². The molecule has 1 aliphatic heterocycles. The molecule has 6 heteroatoms. The lowest BCUT2D eigenvalue weighted by atomic mass is 9.64. The number of aryl methyl sites for hydroxylation is 1. The minimum Gasteiger partial charge on any atom is -0.507 e. The second-order valence-corrected chi connectivity index (χ2v) is 8.92. The molecule has 3 atom stereocenters. The number of imidazole rings is 1. The molecule has 1 fully saturated rings. The van der Waals surface area contributed by atoms with Crippen LogP contribution in [0.15, 0.2) is 24.7 Å². The van der Waals surface area contributed by atoms with Gasteiger partial charge in [-0.1, -0.05) is 13.3 Å². The van der Waals surface area contributed by atoms with Crippen LogP contribution >= 0.6 is 0 Å². The van der Waals surface area contributed by atoms with Crippen LogP contribution in [0.3, 0.4) is 0 Å². The molecule has 1 saturated carbocycles. The molecule has 2 aliphatic rings. The molecule has 1 aromatic carbocycles. The number of hydrogen-bond acceptors (Lipinski definition) is 4. The molecular weight excluding hydrogens is 354 g/mol. The van der Waals surface area contributed by atoms with E-state index < -0.39 is 0 Å². The molecule has 0 saturated heterocycles. The van der Waals surface area contributed by atoms with Gasteiger partial charge in [-0.15, -0.1) is 0 Å². The summed E-state index contributed by atoms with van der Waals surface area (Å²) in [6.45, 7) is 6.85. The Balaban J connectivity index is 1.63. The molecule has 1 aliphatic carbocycles. The maximum Gasteiger partial charge on any atom is 0.255 e. The molecule has 6 nitrogen and oxygen atoms in total. The minimum absolute atomic E-state index is 0.0654. The van der Waals surface area contributed by atoms with Crippen molar-refractivity contribution in [1.29, 1.82) is 0 Å². The van der Waals surface area contributed by atoms with E-state index in [1.165, 1.54) is 6.42 Å². The van der Waals surface area contributed by atoms with Crippen molar-refractivity contribution in [2.24, 2.45) is 18.9 Å². The van der Waals surface area contributed by atoms with Gasteiger partial charge < -0.3 is 19.7 Å². The van der Waals surface area contributed by atoms with Crippen LogP contribution in [-0.4, -0.2) is 26.2 Å². The lowest BCUT2D eigenvalue weighted by Crippen LogP contribution is -2.46. The number of nitrogens with one attached hydrogen (secondary N) is 1. The SMILES string of the molecule is C[C@@H]1CC[C@@H]2[C@@H](C1)c1c(ccc(C(=O)NCc3cn(C)cn3)c1O)OC2(C)C. The van der Waals surface area contributed by atoms with Crippen molar-refractivity contribution < 1.29 is 14.6 Å². The average Bonchev–Trinajstić information content (AvgIpc) is 3.04. The summed E-state index contributed by atoms with van der Waals surface area (Å²) in [4.78, 5) is 17.0. The molecule has 150 valence electrons. The Morgan fingerprint density at radius 3 is 2.89 bits per heavy atom. The maximum atomic E-state index is 12.7. The number of carbonyl (C=O) groups excluding carboxylic acids is 1. The van der Waals surface area contributed by atoms with Crippen molar-refractivity contribution in [2.45, 2.75) is 58.1 Å². The number of phenolic OH excluding ortho intramolecular Hbond substituents is 1. The van der Waals surface area contributed by atoms with Crippen LogP contribution in [-0.2, 0) is 13.6 Å². The largest absolute Gasteiger partial charge is 0.507 e. The number of amides is 1. The number of nitrogens with zero attached hydrogens (tertiary/aromatic N) is 2. The fraction of sp³-hybridized carbons (Fsp3) is 0.545. The first-order valence-corrected chi connectivity index (χ1v) is 10.1. The molecule has 1 amide bonds. The van der Waals surface area contributed by atoms with Crippen molar-refractivity contribution >= 4 is 5.91 Å². The lowest BCUT2D eigenvalue weighted by Gasteiger charge is -2.48. The third-order valence-electron chi connectivity index (χ3n) is 6.36. The van der Waals surface area contributed by atoms with Crippen LogP contribution in [0.25, 0.3) is 0 Å². The number of benzene rings is 1. The van der Waals surface area contributed by atoms with Gasteiger partial charge in [0.2, 0.25) is 0 Å². The first-order valence-electron chi connectivity index (χ1n) is 10.1. The van der Waals surface area contributed by atoms with Gasteiger partial charge in [-0.2, -0.15) is 0 Å². The summed E-state index contributed by atoms with van der Waals surface area (Å²) in [5.74, 6) is 1.63. The third-order valence-corrected chi connectivity index (χ3v) is 6.36. The van der Waals surface area contributed by atoms with Crippen molar-refractivity contribution in [3.63, 3.8) is 0 Å². The lowest BCUT2D eigenvalue weighted by molar-refractivity contribution is -0.0145. The number of aromatic nitrogens is 2. The average molecular weight is 383 g/mol. The molecule has 0 spiro atoms. The van der Waals surface area contributed by atoms with Gasteiger partial charge in [0.15, 0.2) is 0 Å². The van der Waals surface area contributed by atoms with Gasteiger partial charge in [-0.3, -0.25) is 4.79 Å². The second kappa shape index (κ2) is 6.83. The third kappa shape index (κ3) is 3.25. The number of fused-ring (bicyclic) bond motifs is 3. The number of ether oxygens (including phenoxy) is 1. The van der Waals surface area contributed by atoms with E-state index in [1.807, 2.05) is 23.9 Å². The predicted molar refractivity (Wildman–Crippen MR) is 106 cm³/mol. The Bertz CT molecular complexity index is 902. The Morgan fingerprint density at radius 1 is 1.39 bits per heavy atom. The topological polar surface area (TPSA) is 76.4 Å². The summed E-state index contributed by atoms with van der Waals surface area (Å²) < 4.78 is 8.10. The molecule has 4 rings (SSSR count). The van der Waals surface area contributed by atoms with Crippen molar-refractivity contribution in [2.75, 3.05) is 0 Å². The molecule has 0 unspecified atom stereocenters. The van der Waals surface area contributed by atoms with Crippen molar-refractivity contribution in [3.05, 3.63) is 41.5 Å². The summed E-state index contributed by atoms with van der Waals surface area (Å²) in [6, 6.07) is 3.49. The molecule has 2 aromatic rings. The smallest absolute Gasteiger partial charge is 0.255 e. The number of carbonyl (C=O) groups is 1. The standard InChI is InChI=1S/C22H29N3O3/c1-13-5-7-17-16(9-13)19-18(28-22(17,2)3)8-6-15(20(19)26)21(27)23-10-14-11-25(4)12-24-14/h6,8,11-13,16-17,26H,5,7,9-10H2,1-4H3,(H,23,27)/t13-,16-,17-/m1/s1. The van der Waals surface area contributed by atoms with Gasteiger partial charge in [0.05, 0.1) is 24.1 Å². The Kier molecular flexibility index (Phi) is 4.60. The van der Waals surface area contributed by atoms with Gasteiger partial charge in [0.1, 0.15) is 17.1 Å². The quantitative estimate of drug-likeness (QED) is 0.846. The normalized spacial score (nSPS) is 25.4. The zero-order valence-electron chi connectivity index (χ0n) is 17.0. The Morgan fingerprint density at radius 2 is 2.18 bits per heavy atom. The van der Waals surface area contributed by atoms with Crippen LogP contribution < -0.4 is 10.1 Å². The van der Waals surface area contributed by atoms with Gasteiger partial charge >= 0.3 is 0 Å². The highest BCUT2D eigenvalue weighted by Crippen LogP contribution is 2.55. The maximum absolute atomic E-state index is 12.7. The van der Waals surface area contributed by atoms with E-state index in [0.717, 1.165) is 24.1 Å². The highest BCUT2D eigenvalue weighted by Gasteiger charge is 2.47. The molecular formula is C22H29N3O3. The van der Waals surface area contributed by atoms with Crippen molar-refractivity contribution in [3.8, 4) is 11.5 Å². The van der Waals surface area contributed by atoms with E-state index in [2.05, 4.69) is 31.1 Å². The van der Waals surface area contributed by atoms with E-state index in [9.17, 15) is 9.90 Å². The minimum atomic E-state index is -0.295. The van der Waals surface area contributed by atoms with Gasteiger partial charge in [0.25, 0.3) is 5.91 Å². The number of hydrogen-bond donors (Lipinski definition) is 2. The predicted octanol–water partition coefficient (Wildman–Crippen LogP) is 3.75. The number of phenols is 1. The molecule has 1 aromatic heterocycles. The zero-order chi connectivity index (χ0) is 20.1. The van der Waals surface area contributed by atoms with E-state index in [0.29, 0.717) is 29.7 Å². The summed E-state index contributed by atoms with van der Waals surface area (Å²) in [5.41, 5.74) is 1.61. The zero-order valence-corrected chi connectivity index (χ0v) is 17.0. The highest BCUT2D eigenvalue weighted by molar-refractivity contribution is 5.97. The Labute approximate surface area is 165 Å². The van der Waals surface area contributed by atoms with Gasteiger partial charge in [-0.25, -0.2) is 4.98 Å². The van der Waals surface area contributed by atoms with Crippen molar-refractivity contribution in [1.82, 2.24) is 14.9 Å². The highest BCUT2D eigenvalue weighted by atomic mass is 16.5. The number of rotatable bonds is 3. The Hall–Kier alpha value is -2.50. The van der Waals surface area contributed by atoms with Gasteiger partial charge in [-0.05, 0) is 50.7 Å². The number of aromatic hydroxyl groups is 1.